The number of ether oxygens (including phenoxy) is 2. The van der Waals surface area contributed by atoms with Crippen molar-refractivity contribution in [2.24, 2.45) is 5.41 Å². The van der Waals surface area contributed by atoms with Gasteiger partial charge >= 0.3 is 11.9 Å². The van der Waals surface area contributed by atoms with E-state index in [1.54, 1.807) is 6.08 Å². The van der Waals surface area contributed by atoms with Crippen LogP contribution in [0, 0.1) is 5.41 Å². The molecule has 0 bridgehead atoms. The maximum Gasteiger partial charge on any atom is 0.327 e. The van der Waals surface area contributed by atoms with Gasteiger partial charge in [-0.05, 0) is 35.4 Å². The van der Waals surface area contributed by atoms with Crippen LogP contribution in [0.2, 0.25) is 0 Å². The van der Waals surface area contributed by atoms with E-state index in [9.17, 15) is 9.59 Å². The lowest BCUT2D eigenvalue weighted by molar-refractivity contribution is -0.163. The Morgan fingerprint density at radius 2 is 1.58 bits per heavy atom. The van der Waals surface area contributed by atoms with Gasteiger partial charge in [0.2, 0.25) is 0 Å². The van der Waals surface area contributed by atoms with Crippen molar-refractivity contribution in [2.45, 2.75) is 6.92 Å². The molecule has 0 saturated heterocycles. The van der Waals surface area contributed by atoms with E-state index in [0.717, 1.165) is 16.3 Å². The van der Waals surface area contributed by atoms with Crippen molar-refractivity contribution in [1.29, 1.82) is 0 Å². The lowest BCUT2D eigenvalue weighted by Crippen LogP contribution is -2.36. The Balaban J connectivity index is 2.43. The maximum atomic E-state index is 11.8. The number of fused-ring (bicyclic) bond motifs is 1. The van der Waals surface area contributed by atoms with E-state index in [0.29, 0.717) is 0 Å². The third-order valence-corrected chi connectivity index (χ3v) is 3.71. The molecule has 0 spiro atoms. The molecule has 0 atom stereocenters. The number of hydrogen-bond donors (Lipinski definition) is 0. The summed E-state index contributed by atoms with van der Waals surface area (Å²) in [5.74, 6) is -1.43. The minimum Gasteiger partial charge on any atom is -0.468 e. The minimum absolute atomic E-state index is 0.714. The molecule has 2 aromatic carbocycles. The summed E-state index contributed by atoms with van der Waals surface area (Å²) >= 11 is 0. The van der Waals surface area contributed by atoms with Crippen molar-refractivity contribution >= 4 is 28.8 Å². The predicted molar refractivity (Wildman–Crippen MR) is 92.1 cm³/mol. The van der Waals surface area contributed by atoms with E-state index < -0.39 is 17.4 Å². The number of carbonyl (C=O) groups is 2. The van der Waals surface area contributed by atoms with Crippen molar-refractivity contribution in [3.8, 4) is 0 Å². The Morgan fingerprint density at radius 1 is 0.958 bits per heavy atom. The van der Waals surface area contributed by atoms with Gasteiger partial charge in [0.15, 0.2) is 5.41 Å². The summed E-state index contributed by atoms with van der Waals surface area (Å²) < 4.78 is 9.32. The highest BCUT2D eigenvalue weighted by Gasteiger charge is 2.41. The van der Waals surface area contributed by atoms with Crippen LogP contribution in [0.4, 0.5) is 0 Å². The van der Waals surface area contributed by atoms with Gasteiger partial charge in [0.25, 0.3) is 0 Å². The van der Waals surface area contributed by atoms with Crippen LogP contribution in [0.15, 0.2) is 60.0 Å². The Hall–Kier alpha value is -3.06. The van der Waals surface area contributed by atoms with Gasteiger partial charge < -0.3 is 9.47 Å². The normalized spacial score (nSPS) is 10.3. The highest BCUT2D eigenvalue weighted by atomic mass is 16.5. The summed E-state index contributed by atoms with van der Waals surface area (Å²) in [6.07, 6.45) is 3.04. The molecule has 0 saturated carbocycles. The first-order chi connectivity index (χ1) is 11.5. The molecule has 0 radical (unpaired) electrons. The molecule has 4 nitrogen and oxygen atoms in total. The fourth-order valence-corrected chi connectivity index (χ4v) is 2.31. The van der Waals surface area contributed by atoms with Gasteiger partial charge in [-0.3, -0.25) is 9.59 Å². The molecule has 0 amide bonds. The third kappa shape index (κ3) is 3.47. The quantitative estimate of drug-likeness (QED) is 0.491. The summed E-state index contributed by atoms with van der Waals surface area (Å²) in [5.41, 5.74) is 5.01. The van der Waals surface area contributed by atoms with Crippen LogP contribution in [0.25, 0.3) is 16.8 Å². The number of methoxy groups -OCH3 is 2. The summed E-state index contributed by atoms with van der Waals surface area (Å²) in [5, 5.41) is 2.20. The van der Waals surface area contributed by atoms with E-state index in [4.69, 9.17) is 0 Å². The smallest absolute Gasteiger partial charge is 0.327 e. The Bertz CT molecular complexity index is 845. The van der Waals surface area contributed by atoms with Gasteiger partial charge in [-0.25, -0.2) is 0 Å². The average Bonchev–Trinajstić information content (AvgIpc) is 2.63. The molecule has 24 heavy (non-hydrogen) atoms. The molecule has 0 fully saturated rings. The molecule has 0 N–H and O–H groups in total. The summed E-state index contributed by atoms with van der Waals surface area (Å²) in [6, 6.07) is 13.9. The van der Waals surface area contributed by atoms with Gasteiger partial charge in [-0.2, -0.15) is 0 Å². The van der Waals surface area contributed by atoms with Crippen LogP contribution in [0.3, 0.4) is 0 Å². The number of carbonyl (C=O) groups excluding carboxylic acids is 2. The van der Waals surface area contributed by atoms with Gasteiger partial charge in [-0.15, -0.1) is 0 Å². The van der Waals surface area contributed by atoms with E-state index in [1.807, 2.05) is 42.5 Å². The number of hydrogen-bond acceptors (Lipinski definition) is 4. The lowest BCUT2D eigenvalue weighted by Gasteiger charge is -2.18. The third-order valence-electron chi connectivity index (χ3n) is 3.71. The molecule has 0 aliphatic carbocycles. The van der Waals surface area contributed by atoms with Gasteiger partial charge in [-0.1, -0.05) is 53.9 Å². The fraction of sp³-hybridized carbons (Fsp3) is 0.200. The standard InChI is InChI=1S/C20H18O4/c1-20(18(21)23-2,19(22)24-3)14-7-6-10-16-12-8-11-15-9-4-5-13-17(15)16/h4-5,8-14H,1-3H3. The Morgan fingerprint density at radius 3 is 2.25 bits per heavy atom. The molecule has 0 heterocycles. The van der Waals surface area contributed by atoms with Crippen molar-refractivity contribution in [2.75, 3.05) is 14.2 Å². The Kier molecular flexibility index (Phi) is 5.39. The zero-order valence-electron chi connectivity index (χ0n) is 13.8. The number of benzene rings is 2. The van der Waals surface area contributed by atoms with Crippen molar-refractivity contribution in [3.63, 3.8) is 0 Å². The first-order valence-corrected chi connectivity index (χ1v) is 7.36. The van der Waals surface area contributed by atoms with Crippen LogP contribution in [0.1, 0.15) is 12.5 Å². The van der Waals surface area contributed by atoms with Crippen LogP contribution in [-0.2, 0) is 19.1 Å². The minimum atomic E-state index is -1.55. The highest BCUT2D eigenvalue weighted by molar-refractivity contribution is 6.01. The second-order valence-electron chi connectivity index (χ2n) is 5.33. The molecule has 122 valence electrons. The highest BCUT2D eigenvalue weighted by Crippen LogP contribution is 2.22. The zero-order chi connectivity index (χ0) is 17.6. The summed E-state index contributed by atoms with van der Waals surface area (Å²) in [7, 11) is 2.43. The second kappa shape index (κ2) is 7.47. The number of esters is 2. The molecular formula is C20H18O4. The second-order valence-corrected chi connectivity index (χ2v) is 5.33. The first-order valence-electron chi connectivity index (χ1n) is 7.36. The largest absolute Gasteiger partial charge is 0.468 e. The van der Waals surface area contributed by atoms with E-state index >= 15 is 0 Å². The number of rotatable bonds is 4. The maximum absolute atomic E-state index is 11.8. The van der Waals surface area contributed by atoms with E-state index in [1.165, 1.54) is 27.2 Å². The SMILES string of the molecule is COC(=O)C(C)(C=C=C=Cc1cccc2ccccc12)C(=O)OC. The van der Waals surface area contributed by atoms with Gasteiger partial charge in [0, 0.05) is 0 Å². The summed E-state index contributed by atoms with van der Waals surface area (Å²) in [6.45, 7) is 1.41. The molecule has 0 aliphatic rings. The first kappa shape index (κ1) is 17.3. The van der Waals surface area contributed by atoms with Gasteiger partial charge in [0.05, 0.1) is 14.2 Å². The van der Waals surface area contributed by atoms with Crippen LogP contribution in [-0.4, -0.2) is 26.2 Å². The van der Waals surface area contributed by atoms with Crippen LogP contribution in [0.5, 0.6) is 0 Å². The van der Waals surface area contributed by atoms with Gasteiger partial charge in [0.1, 0.15) is 0 Å². The van der Waals surface area contributed by atoms with Crippen LogP contribution >= 0.6 is 0 Å². The lowest BCUT2D eigenvalue weighted by atomic mass is 9.91. The molecule has 4 heteroatoms. The van der Waals surface area contributed by atoms with Crippen molar-refractivity contribution in [3.05, 3.63) is 65.6 Å². The predicted octanol–water partition coefficient (Wildman–Crippen LogP) is 3.52. The average molecular weight is 322 g/mol. The van der Waals surface area contributed by atoms with Crippen LogP contribution < -0.4 is 0 Å². The van der Waals surface area contributed by atoms with E-state index in [-0.39, 0.29) is 0 Å². The summed E-state index contributed by atoms with van der Waals surface area (Å²) in [4.78, 5) is 23.7. The molecular weight excluding hydrogens is 304 g/mol. The molecule has 0 aromatic heterocycles. The Labute approximate surface area is 140 Å². The zero-order valence-corrected chi connectivity index (χ0v) is 13.8. The van der Waals surface area contributed by atoms with Crippen molar-refractivity contribution < 1.29 is 19.1 Å². The fourth-order valence-electron chi connectivity index (χ4n) is 2.31. The molecule has 0 aliphatic heterocycles. The topological polar surface area (TPSA) is 52.6 Å². The molecule has 2 rings (SSSR count). The monoisotopic (exact) mass is 322 g/mol. The molecule has 0 unspecified atom stereocenters. The van der Waals surface area contributed by atoms with Crippen molar-refractivity contribution in [1.82, 2.24) is 0 Å². The molecule has 2 aromatic rings. The van der Waals surface area contributed by atoms with E-state index in [2.05, 4.69) is 20.9 Å².